The van der Waals surface area contributed by atoms with Crippen LogP contribution in [-0.4, -0.2) is 9.78 Å². The third-order valence-electron chi connectivity index (χ3n) is 3.19. The lowest BCUT2D eigenvalue weighted by Gasteiger charge is -2.12. The Hall–Kier alpha value is -1.20. The van der Waals surface area contributed by atoms with Gasteiger partial charge in [0.2, 0.25) is 0 Å². The van der Waals surface area contributed by atoms with E-state index in [1.54, 1.807) is 6.07 Å². The van der Waals surface area contributed by atoms with Crippen LogP contribution in [0.4, 0.5) is 4.39 Å². The highest BCUT2D eigenvalue weighted by atomic mass is 79.9. The van der Waals surface area contributed by atoms with Gasteiger partial charge in [0.25, 0.3) is 0 Å². The molecule has 0 fully saturated rings. The van der Waals surface area contributed by atoms with Crippen LogP contribution in [0.2, 0.25) is 0 Å². The van der Waals surface area contributed by atoms with Crippen LogP contribution in [-0.2, 0) is 6.54 Å². The standard InChI is InChI=1S/C15H19BrFN3/c1-10(2)20-9-13(8-19-20)11(3)18-7-12-4-14(16)6-15(17)5-12/h4-6,8-11,18H,7H2,1-3H3. The molecule has 1 aromatic heterocycles. The van der Waals surface area contributed by atoms with E-state index in [2.05, 4.69) is 47.1 Å². The van der Waals surface area contributed by atoms with Gasteiger partial charge in [-0.15, -0.1) is 0 Å². The molecular formula is C15H19BrFN3. The van der Waals surface area contributed by atoms with Crippen LogP contribution in [0.25, 0.3) is 0 Å². The molecule has 1 N–H and O–H groups in total. The Morgan fingerprint density at radius 1 is 1.30 bits per heavy atom. The van der Waals surface area contributed by atoms with Crippen molar-refractivity contribution >= 4 is 15.9 Å². The van der Waals surface area contributed by atoms with Crippen molar-refractivity contribution in [2.75, 3.05) is 0 Å². The first-order valence-corrected chi connectivity index (χ1v) is 7.47. The van der Waals surface area contributed by atoms with E-state index < -0.39 is 0 Å². The largest absolute Gasteiger partial charge is 0.306 e. The molecule has 1 heterocycles. The molecule has 0 saturated heterocycles. The Balaban J connectivity index is 1.98. The van der Waals surface area contributed by atoms with Gasteiger partial charge in [0.05, 0.1) is 6.20 Å². The maximum absolute atomic E-state index is 13.3. The summed E-state index contributed by atoms with van der Waals surface area (Å²) in [5.74, 6) is -0.226. The molecule has 2 aromatic rings. The summed E-state index contributed by atoms with van der Waals surface area (Å²) in [6, 6.07) is 5.45. The lowest BCUT2D eigenvalue weighted by atomic mass is 10.1. The second-order valence-electron chi connectivity index (χ2n) is 5.23. The zero-order chi connectivity index (χ0) is 14.7. The molecule has 0 aliphatic heterocycles. The Labute approximate surface area is 127 Å². The molecule has 108 valence electrons. The number of aromatic nitrogens is 2. The van der Waals surface area contributed by atoms with Gasteiger partial charge in [-0.25, -0.2) is 4.39 Å². The number of nitrogens with one attached hydrogen (secondary N) is 1. The number of hydrogen-bond acceptors (Lipinski definition) is 2. The fraction of sp³-hybridized carbons (Fsp3) is 0.400. The first kappa shape index (κ1) is 15.2. The Morgan fingerprint density at radius 3 is 2.65 bits per heavy atom. The van der Waals surface area contributed by atoms with Crippen molar-refractivity contribution in [3.8, 4) is 0 Å². The van der Waals surface area contributed by atoms with E-state index in [0.717, 1.165) is 15.6 Å². The van der Waals surface area contributed by atoms with Crippen molar-refractivity contribution in [3.63, 3.8) is 0 Å². The normalized spacial score (nSPS) is 12.9. The van der Waals surface area contributed by atoms with E-state index in [1.807, 2.05) is 23.1 Å². The lowest BCUT2D eigenvalue weighted by molar-refractivity contribution is 0.528. The number of hydrogen-bond donors (Lipinski definition) is 1. The van der Waals surface area contributed by atoms with E-state index in [-0.39, 0.29) is 11.9 Å². The van der Waals surface area contributed by atoms with Gasteiger partial charge in [0.15, 0.2) is 0 Å². The van der Waals surface area contributed by atoms with Crippen LogP contribution in [0.15, 0.2) is 35.1 Å². The minimum Gasteiger partial charge on any atom is -0.306 e. The van der Waals surface area contributed by atoms with Crippen LogP contribution in [0.1, 0.15) is 44.0 Å². The molecule has 0 aliphatic carbocycles. The highest BCUT2D eigenvalue weighted by Gasteiger charge is 2.09. The summed E-state index contributed by atoms with van der Waals surface area (Å²) in [7, 11) is 0. The summed E-state index contributed by atoms with van der Waals surface area (Å²) in [5.41, 5.74) is 2.05. The first-order chi connectivity index (χ1) is 9.45. The first-order valence-electron chi connectivity index (χ1n) is 6.68. The molecular weight excluding hydrogens is 321 g/mol. The molecule has 0 radical (unpaired) electrons. The molecule has 0 aliphatic rings. The maximum Gasteiger partial charge on any atom is 0.124 e. The van der Waals surface area contributed by atoms with Gasteiger partial charge in [-0.2, -0.15) is 5.10 Å². The molecule has 0 amide bonds. The van der Waals surface area contributed by atoms with Crippen molar-refractivity contribution in [2.45, 2.75) is 39.4 Å². The smallest absolute Gasteiger partial charge is 0.124 e. The molecule has 0 spiro atoms. The van der Waals surface area contributed by atoms with Crippen LogP contribution < -0.4 is 5.32 Å². The van der Waals surface area contributed by atoms with Gasteiger partial charge >= 0.3 is 0 Å². The van der Waals surface area contributed by atoms with Gasteiger partial charge in [-0.05, 0) is 44.5 Å². The SMILES string of the molecule is CC(NCc1cc(F)cc(Br)c1)c1cnn(C(C)C)c1. The fourth-order valence-corrected chi connectivity index (χ4v) is 2.47. The third-order valence-corrected chi connectivity index (χ3v) is 3.64. The summed E-state index contributed by atoms with van der Waals surface area (Å²) >= 11 is 3.30. The van der Waals surface area contributed by atoms with Gasteiger partial charge < -0.3 is 5.32 Å². The zero-order valence-corrected chi connectivity index (χ0v) is 13.5. The predicted octanol–water partition coefficient (Wildman–Crippen LogP) is 4.22. The average molecular weight is 340 g/mol. The number of nitrogens with zero attached hydrogens (tertiary/aromatic N) is 2. The van der Waals surface area contributed by atoms with Crippen molar-refractivity contribution in [1.29, 1.82) is 0 Å². The molecule has 0 saturated carbocycles. The number of halogens is 2. The topological polar surface area (TPSA) is 29.9 Å². The summed E-state index contributed by atoms with van der Waals surface area (Å²) in [4.78, 5) is 0. The van der Waals surface area contributed by atoms with Crippen molar-refractivity contribution in [2.24, 2.45) is 0 Å². The van der Waals surface area contributed by atoms with Crippen molar-refractivity contribution in [3.05, 3.63) is 52.0 Å². The van der Waals surface area contributed by atoms with E-state index >= 15 is 0 Å². The highest BCUT2D eigenvalue weighted by molar-refractivity contribution is 9.10. The van der Waals surface area contributed by atoms with E-state index in [0.29, 0.717) is 12.6 Å². The Bertz CT molecular complexity index is 560. The third kappa shape index (κ3) is 3.90. The average Bonchev–Trinajstić information content (AvgIpc) is 2.84. The quantitative estimate of drug-likeness (QED) is 0.883. The van der Waals surface area contributed by atoms with E-state index in [9.17, 15) is 4.39 Å². The maximum atomic E-state index is 13.3. The summed E-state index contributed by atoms with van der Waals surface area (Å²) in [5, 5.41) is 7.71. The monoisotopic (exact) mass is 339 g/mol. The van der Waals surface area contributed by atoms with Crippen LogP contribution in [0.5, 0.6) is 0 Å². The van der Waals surface area contributed by atoms with Crippen LogP contribution >= 0.6 is 15.9 Å². The Morgan fingerprint density at radius 2 is 2.05 bits per heavy atom. The second kappa shape index (κ2) is 6.50. The minimum atomic E-state index is -0.226. The van der Waals surface area contributed by atoms with Crippen molar-refractivity contribution in [1.82, 2.24) is 15.1 Å². The van der Waals surface area contributed by atoms with Gasteiger partial charge in [-0.1, -0.05) is 15.9 Å². The van der Waals surface area contributed by atoms with Crippen LogP contribution in [0.3, 0.4) is 0 Å². The minimum absolute atomic E-state index is 0.171. The number of benzene rings is 1. The molecule has 0 bridgehead atoms. The molecule has 1 unspecified atom stereocenters. The Kier molecular flexibility index (Phi) is 4.94. The molecule has 2 rings (SSSR count). The summed E-state index contributed by atoms with van der Waals surface area (Å²) < 4.78 is 16.0. The van der Waals surface area contributed by atoms with E-state index in [4.69, 9.17) is 0 Å². The summed E-state index contributed by atoms with van der Waals surface area (Å²) in [6.07, 6.45) is 3.92. The van der Waals surface area contributed by atoms with Gasteiger partial charge in [-0.3, -0.25) is 4.68 Å². The lowest BCUT2D eigenvalue weighted by Crippen LogP contribution is -2.17. The molecule has 3 nitrogen and oxygen atoms in total. The summed E-state index contributed by atoms with van der Waals surface area (Å²) in [6.45, 7) is 6.89. The van der Waals surface area contributed by atoms with Gasteiger partial charge in [0, 0.05) is 34.9 Å². The van der Waals surface area contributed by atoms with Crippen molar-refractivity contribution < 1.29 is 4.39 Å². The molecule has 1 atom stereocenters. The number of rotatable bonds is 5. The van der Waals surface area contributed by atoms with Crippen LogP contribution in [0, 0.1) is 5.82 Å². The fourth-order valence-electron chi connectivity index (χ4n) is 1.96. The highest BCUT2D eigenvalue weighted by Crippen LogP contribution is 2.17. The molecule has 20 heavy (non-hydrogen) atoms. The zero-order valence-electron chi connectivity index (χ0n) is 11.9. The molecule has 5 heteroatoms. The van der Waals surface area contributed by atoms with Gasteiger partial charge in [0.1, 0.15) is 5.82 Å². The molecule has 1 aromatic carbocycles. The second-order valence-corrected chi connectivity index (χ2v) is 6.14. The predicted molar refractivity (Wildman–Crippen MR) is 82.0 cm³/mol. The van der Waals surface area contributed by atoms with E-state index in [1.165, 1.54) is 6.07 Å².